The van der Waals surface area contributed by atoms with Crippen LogP contribution in [0.2, 0.25) is 0 Å². The Balaban J connectivity index is 1.83. The summed E-state index contributed by atoms with van der Waals surface area (Å²) in [7, 11) is 3.21. The van der Waals surface area contributed by atoms with Gasteiger partial charge in [0, 0.05) is 46.5 Å². The van der Waals surface area contributed by atoms with Crippen LogP contribution in [0.3, 0.4) is 0 Å². The lowest BCUT2D eigenvalue weighted by Crippen LogP contribution is -2.43. The van der Waals surface area contributed by atoms with Crippen molar-refractivity contribution in [2.45, 2.75) is 6.10 Å². The van der Waals surface area contributed by atoms with Gasteiger partial charge in [0.05, 0.1) is 17.4 Å². The number of benzene rings is 1. The lowest BCUT2D eigenvalue weighted by Gasteiger charge is -2.27. The number of aromatic nitrogens is 1. The SMILES string of the molecule is CN=C(/C(=C\N)NC(=O)c1nc(-c2c(F)cccc2F)sc1N)N1CCNCC(OC)C1. The molecule has 1 unspecified atom stereocenters. The van der Waals surface area contributed by atoms with Gasteiger partial charge in [-0.25, -0.2) is 13.8 Å². The molecule has 6 N–H and O–H groups in total. The van der Waals surface area contributed by atoms with E-state index in [1.165, 1.54) is 12.3 Å². The molecular formula is C20H25F2N7O2S. The summed E-state index contributed by atoms with van der Waals surface area (Å²) in [5, 5.41) is 5.91. The fourth-order valence-electron chi connectivity index (χ4n) is 3.32. The van der Waals surface area contributed by atoms with Gasteiger partial charge in [-0.05, 0) is 12.1 Å². The van der Waals surface area contributed by atoms with E-state index in [2.05, 4.69) is 20.6 Å². The third-order valence-electron chi connectivity index (χ3n) is 4.90. The van der Waals surface area contributed by atoms with E-state index in [-0.39, 0.29) is 33.1 Å². The minimum atomic E-state index is -0.795. The number of carbonyl (C=O) groups is 1. The van der Waals surface area contributed by atoms with Gasteiger partial charge in [0.1, 0.15) is 27.5 Å². The molecule has 0 radical (unpaired) electrons. The Labute approximate surface area is 188 Å². The minimum Gasteiger partial charge on any atom is -0.403 e. The van der Waals surface area contributed by atoms with Gasteiger partial charge in [0.25, 0.3) is 5.91 Å². The van der Waals surface area contributed by atoms with E-state index in [4.69, 9.17) is 16.2 Å². The number of halogens is 2. The predicted molar refractivity (Wildman–Crippen MR) is 120 cm³/mol. The number of hydrogen-bond acceptors (Lipinski definition) is 8. The van der Waals surface area contributed by atoms with E-state index < -0.39 is 17.5 Å². The molecule has 1 aromatic heterocycles. The van der Waals surface area contributed by atoms with Gasteiger partial charge in [-0.1, -0.05) is 17.4 Å². The molecule has 1 aromatic carbocycles. The van der Waals surface area contributed by atoms with Gasteiger partial charge in [0.2, 0.25) is 0 Å². The predicted octanol–water partition coefficient (Wildman–Crippen LogP) is 1.15. The molecule has 0 bridgehead atoms. The maximum atomic E-state index is 14.1. The number of nitrogens with two attached hydrogens (primary N) is 2. The fourth-order valence-corrected chi connectivity index (χ4v) is 4.20. The van der Waals surface area contributed by atoms with Crippen molar-refractivity contribution >= 4 is 28.1 Å². The summed E-state index contributed by atoms with van der Waals surface area (Å²) in [6.07, 6.45) is 1.15. The maximum absolute atomic E-state index is 14.1. The normalized spacial score (nSPS) is 17.9. The number of nitrogens with one attached hydrogen (secondary N) is 2. The van der Waals surface area contributed by atoms with Crippen molar-refractivity contribution in [3.05, 3.63) is 47.4 Å². The van der Waals surface area contributed by atoms with Crippen molar-refractivity contribution in [3.63, 3.8) is 0 Å². The first-order valence-corrected chi connectivity index (χ1v) is 10.6. The van der Waals surface area contributed by atoms with Crippen LogP contribution in [-0.2, 0) is 4.74 Å². The number of amidine groups is 1. The third kappa shape index (κ3) is 5.03. The third-order valence-corrected chi connectivity index (χ3v) is 5.80. The molecule has 1 aliphatic heterocycles. The van der Waals surface area contributed by atoms with Crippen LogP contribution < -0.4 is 22.1 Å². The summed E-state index contributed by atoms with van der Waals surface area (Å²) in [4.78, 5) is 23.2. The number of rotatable bonds is 5. The van der Waals surface area contributed by atoms with Gasteiger partial charge < -0.3 is 31.7 Å². The van der Waals surface area contributed by atoms with Crippen LogP contribution in [-0.4, -0.2) is 68.1 Å². The number of thiazole rings is 1. The topological polar surface area (TPSA) is 131 Å². The van der Waals surface area contributed by atoms with Crippen LogP contribution in [0.5, 0.6) is 0 Å². The van der Waals surface area contributed by atoms with E-state index in [0.717, 1.165) is 23.5 Å². The number of aliphatic imine (C=N–C) groups is 1. The molecule has 1 saturated heterocycles. The molecule has 1 atom stereocenters. The first kappa shape index (κ1) is 23.6. The smallest absolute Gasteiger partial charge is 0.277 e. The Morgan fingerprint density at radius 1 is 1.44 bits per heavy atom. The molecule has 0 aliphatic carbocycles. The second-order valence-electron chi connectivity index (χ2n) is 6.92. The average molecular weight is 466 g/mol. The number of carbonyl (C=O) groups excluding carboxylic acids is 1. The van der Waals surface area contributed by atoms with E-state index in [0.29, 0.717) is 32.0 Å². The first-order chi connectivity index (χ1) is 15.4. The van der Waals surface area contributed by atoms with Gasteiger partial charge in [-0.3, -0.25) is 9.79 Å². The monoisotopic (exact) mass is 465 g/mol. The first-order valence-electron chi connectivity index (χ1n) is 9.79. The number of nitrogens with zero attached hydrogens (tertiary/aromatic N) is 3. The Bertz CT molecular complexity index is 1020. The number of anilines is 1. The highest BCUT2D eigenvalue weighted by molar-refractivity contribution is 7.19. The number of nitrogen functional groups attached to an aromatic ring is 1. The number of methoxy groups -OCH3 is 1. The van der Waals surface area contributed by atoms with E-state index in [1.807, 2.05) is 4.90 Å². The number of amides is 1. The summed E-state index contributed by atoms with van der Waals surface area (Å²) in [6, 6.07) is 3.46. The molecular weight excluding hydrogens is 440 g/mol. The molecule has 1 fully saturated rings. The summed E-state index contributed by atoms with van der Waals surface area (Å²) in [5.41, 5.74) is 11.5. The van der Waals surface area contributed by atoms with Crippen molar-refractivity contribution in [3.8, 4) is 10.6 Å². The van der Waals surface area contributed by atoms with E-state index in [1.54, 1.807) is 14.2 Å². The van der Waals surface area contributed by atoms with Crippen molar-refractivity contribution < 1.29 is 18.3 Å². The van der Waals surface area contributed by atoms with Crippen LogP contribution in [0.4, 0.5) is 13.8 Å². The summed E-state index contributed by atoms with van der Waals surface area (Å²) < 4.78 is 33.7. The largest absolute Gasteiger partial charge is 0.403 e. The molecule has 12 heteroatoms. The van der Waals surface area contributed by atoms with Gasteiger partial charge >= 0.3 is 0 Å². The molecule has 2 aromatic rings. The van der Waals surface area contributed by atoms with E-state index in [9.17, 15) is 13.6 Å². The standard InChI is InChI=1S/C20H25F2N7O2S/c1-25-18(29-7-6-26-9-11(10-29)31-2)14(8-23)27-19(30)16-17(24)32-20(28-16)15-12(21)4-3-5-13(15)22/h3-5,8,11,26H,6-7,9-10,23-24H2,1-2H3,(H,27,30)/b14-8+,25-18?. The second kappa shape index (κ2) is 10.5. The van der Waals surface area contributed by atoms with Crippen LogP contribution in [0.1, 0.15) is 10.5 Å². The second-order valence-corrected chi connectivity index (χ2v) is 7.95. The zero-order valence-corrected chi connectivity index (χ0v) is 18.5. The number of hydrogen-bond donors (Lipinski definition) is 4. The van der Waals surface area contributed by atoms with Gasteiger partial charge in [-0.2, -0.15) is 0 Å². The van der Waals surface area contributed by atoms with Crippen molar-refractivity contribution in [2.24, 2.45) is 10.7 Å². The Kier molecular flexibility index (Phi) is 7.72. The highest BCUT2D eigenvalue weighted by atomic mass is 32.1. The lowest BCUT2D eigenvalue weighted by atomic mass is 10.2. The summed E-state index contributed by atoms with van der Waals surface area (Å²) in [5.74, 6) is -1.80. The molecule has 2 heterocycles. The Morgan fingerprint density at radius 2 is 2.16 bits per heavy atom. The molecule has 0 saturated carbocycles. The Hall–Kier alpha value is -3.09. The molecule has 3 rings (SSSR count). The molecule has 172 valence electrons. The fraction of sp³-hybridized carbons (Fsp3) is 0.350. The minimum absolute atomic E-state index is 0.0185. The van der Waals surface area contributed by atoms with Crippen LogP contribution in [0.25, 0.3) is 10.6 Å². The summed E-state index contributed by atoms with van der Waals surface area (Å²) >= 11 is 0.817. The van der Waals surface area contributed by atoms with Crippen LogP contribution >= 0.6 is 11.3 Å². The zero-order valence-electron chi connectivity index (χ0n) is 17.7. The van der Waals surface area contributed by atoms with Gasteiger partial charge in [0.15, 0.2) is 5.69 Å². The highest BCUT2D eigenvalue weighted by Gasteiger charge is 2.26. The van der Waals surface area contributed by atoms with Crippen molar-refractivity contribution in [2.75, 3.05) is 46.1 Å². The summed E-state index contributed by atoms with van der Waals surface area (Å²) in [6.45, 7) is 2.54. The van der Waals surface area contributed by atoms with Crippen molar-refractivity contribution in [1.29, 1.82) is 0 Å². The molecule has 32 heavy (non-hydrogen) atoms. The highest BCUT2D eigenvalue weighted by Crippen LogP contribution is 2.33. The molecule has 1 aliphatic rings. The average Bonchev–Trinajstić information content (AvgIpc) is 3.00. The molecule has 1 amide bonds. The maximum Gasteiger partial charge on any atom is 0.277 e. The van der Waals surface area contributed by atoms with Gasteiger partial charge in [-0.15, -0.1) is 0 Å². The number of ether oxygens (including phenoxy) is 1. The van der Waals surface area contributed by atoms with Crippen LogP contribution in [0, 0.1) is 11.6 Å². The quantitative estimate of drug-likeness (QED) is 0.385. The van der Waals surface area contributed by atoms with E-state index >= 15 is 0 Å². The molecule has 9 nitrogen and oxygen atoms in total. The van der Waals surface area contributed by atoms with Crippen LogP contribution in [0.15, 0.2) is 35.1 Å². The Morgan fingerprint density at radius 3 is 2.78 bits per heavy atom. The lowest BCUT2D eigenvalue weighted by molar-refractivity contribution is 0.0921. The van der Waals surface area contributed by atoms with Crippen molar-refractivity contribution in [1.82, 2.24) is 20.5 Å². The zero-order chi connectivity index (χ0) is 23.3. The molecule has 0 spiro atoms.